The summed E-state index contributed by atoms with van der Waals surface area (Å²) in [5.74, 6) is -0.172. The molecule has 190 valence electrons. The van der Waals surface area contributed by atoms with Gasteiger partial charge in [-0.2, -0.15) is 0 Å². The molecular weight excluding hydrogens is 444 g/mol. The first-order chi connectivity index (χ1) is 16.3. The lowest BCUT2D eigenvalue weighted by Crippen LogP contribution is -2.37. The first-order valence-electron chi connectivity index (χ1n) is 13.0. The van der Waals surface area contributed by atoms with Crippen LogP contribution in [0.2, 0.25) is 0 Å². The van der Waals surface area contributed by atoms with E-state index in [1.807, 2.05) is 0 Å². The number of carbonyl (C=O) groups excluding carboxylic acids is 2. The van der Waals surface area contributed by atoms with Gasteiger partial charge in [-0.3, -0.25) is 9.59 Å². The fraction of sp³-hybridized carbons (Fsp3) is 0.667. The molecule has 1 aromatic carbocycles. The number of nitrogens with one attached hydrogen (secondary N) is 3. The largest absolute Gasteiger partial charge is 0.356 e. The molecule has 6 nitrogen and oxygen atoms in total. The fourth-order valence-corrected chi connectivity index (χ4v) is 5.10. The summed E-state index contributed by atoms with van der Waals surface area (Å²) in [5.41, 5.74) is 6.80. The lowest BCUT2D eigenvalue weighted by molar-refractivity contribution is -0.125. The molecule has 0 radical (unpaired) electrons. The maximum absolute atomic E-state index is 13.0. The van der Waals surface area contributed by atoms with E-state index in [-0.39, 0.29) is 18.2 Å². The summed E-state index contributed by atoms with van der Waals surface area (Å²) in [5, 5.41) is 6.20. The molecule has 0 saturated carbocycles. The first kappa shape index (κ1) is 28.2. The highest BCUT2D eigenvalue weighted by molar-refractivity contribution is 8.00. The van der Waals surface area contributed by atoms with Crippen LogP contribution in [0.25, 0.3) is 11.0 Å². The zero-order chi connectivity index (χ0) is 25.1. The van der Waals surface area contributed by atoms with E-state index in [4.69, 9.17) is 4.98 Å². The van der Waals surface area contributed by atoms with E-state index in [0.717, 1.165) is 48.7 Å². The van der Waals surface area contributed by atoms with Crippen molar-refractivity contribution in [3.63, 3.8) is 0 Å². The third-order valence-electron chi connectivity index (χ3n) is 6.70. The molecule has 2 amide bonds. The summed E-state index contributed by atoms with van der Waals surface area (Å²) in [4.78, 5) is 33.9. The topological polar surface area (TPSA) is 86.9 Å². The molecule has 1 atom stereocenters. The van der Waals surface area contributed by atoms with Crippen molar-refractivity contribution < 1.29 is 9.59 Å². The van der Waals surface area contributed by atoms with Crippen molar-refractivity contribution in [1.82, 2.24) is 20.6 Å². The van der Waals surface area contributed by atoms with E-state index in [0.29, 0.717) is 18.2 Å². The highest BCUT2D eigenvalue weighted by Gasteiger charge is 2.25. The summed E-state index contributed by atoms with van der Waals surface area (Å²) in [6.45, 7) is 14.1. The predicted molar refractivity (Wildman–Crippen MR) is 144 cm³/mol. The number of H-pyrrole nitrogens is 1. The van der Waals surface area contributed by atoms with Crippen LogP contribution in [-0.4, -0.2) is 40.1 Å². The Balaban J connectivity index is 2.12. The molecule has 0 aliphatic carbocycles. The molecular formula is C27H44N4O2S. The normalized spacial score (nSPS) is 12.2. The van der Waals surface area contributed by atoms with Gasteiger partial charge in [0.25, 0.3) is 0 Å². The second-order valence-electron chi connectivity index (χ2n) is 9.34. The minimum Gasteiger partial charge on any atom is -0.356 e. The van der Waals surface area contributed by atoms with Crippen LogP contribution in [0.4, 0.5) is 0 Å². The van der Waals surface area contributed by atoms with Crippen LogP contribution in [0, 0.1) is 27.7 Å². The van der Waals surface area contributed by atoms with Gasteiger partial charge in [-0.1, -0.05) is 64.1 Å². The van der Waals surface area contributed by atoms with Crippen molar-refractivity contribution in [3.8, 4) is 0 Å². The molecule has 2 aromatic rings. The zero-order valence-corrected chi connectivity index (χ0v) is 22.8. The smallest absolute Gasteiger partial charge is 0.234 e. The number of unbranched alkanes of at least 4 members (excludes halogenated alkanes) is 6. The summed E-state index contributed by atoms with van der Waals surface area (Å²) >= 11 is 1.36. The van der Waals surface area contributed by atoms with Gasteiger partial charge in [0, 0.05) is 19.5 Å². The lowest BCUT2D eigenvalue weighted by Gasteiger charge is -2.15. The van der Waals surface area contributed by atoms with Gasteiger partial charge in [-0.05, 0) is 62.8 Å². The van der Waals surface area contributed by atoms with Gasteiger partial charge in [0.15, 0.2) is 5.16 Å². The van der Waals surface area contributed by atoms with Gasteiger partial charge >= 0.3 is 0 Å². The van der Waals surface area contributed by atoms with Gasteiger partial charge in [0.1, 0.15) is 0 Å². The average Bonchev–Trinajstić information content (AvgIpc) is 3.24. The van der Waals surface area contributed by atoms with Crippen LogP contribution in [0.15, 0.2) is 5.16 Å². The molecule has 0 aliphatic heterocycles. The highest BCUT2D eigenvalue weighted by atomic mass is 32.2. The number of carbonyl (C=O) groups is 2. The second-order valence-corrected chi connectivity index (χ2v) is 10.5. The number of hydrogen-bond acceptors (Lipinski definition) is 4. The van der Waals surface area contributed by atoms with Crippen LogP contribution in [0.1, 0.15) is 93.9 Å². The van der Waals surface area contributed by atoms with Crippen LogP contribution < -0.4 is 10.6 Å². The first-order valence-corrected chi connectivity index (χ1v) is 13.8. The summed E-state index contributed by atoms with van der Waals surface area (Å²) in [6, 6.07) is 0. The number of nitrogens with zero attached hydrogens (tertiary/aromatic N) is 1. The number of hydrogen-bond donors (Lipinski definition) is 3. The monoisotopic (exact) mass is 488 g/mol. The molecule has 0 fully saturated rings. The van der Waals surface area contributed by atoms with Crippen LogP contribution in [-0.2, 0) is 9.59 Å². The highest BCUT2D eigenvalue weighted by Crippen LogP contribution is 2.31. The molecule has 7 heteroatoms. The number of amides is 2. The molecule has 3 N–H and O–H groups in total. The van der Waals surface area contributed by atoms with Crippen molar-refractivity contribution in [2.45, 2.75) is 110 Å². The molecule has 0 saturated heterocycles. The van der Waals surface area contributed by atoms with E-state index in [1.165, 1.54) is 47.7 Å². The maximum atomic E-state index is 13.0. The Bertz CT molecular complexity index is 909. The number of rotatable bonds is 15. The number of imidazole rings is 1. The second kappa shape index (κ2) is 14.4. The Hall–Kier alpha value is -2.02. The summed E-state index contributed by atoms with van der Waals surface area (Å²) in [7, 11) is 0. The summed E-state index contributed by atoms with van der Waals surface area (Å²) < 4.78 is 0. The van der Waals surface area contributed by atoms with E-state index in [2.05, 4.69) is 57.2 Å². The number of aromatic nitrogens is 2. The standard InChI is InChI=1S/C27H44N4O2S/c1-7-9-11-13-15-28-23(32)17-22(26(33)29-16-14-12-10-8-2)34-27-30-24-20(5)18(3)19(4)21(6)25(24)31-27/h22H,7-17H2,1-6H3,(H,28,32)(H,29,33)(H,30,31). The fourth-order valence-electron chi connectivity index (χ4n) is 4.10. The van der Waals surface area contributed by atoms with Crippen molar-refractivity contribution in [1.29, 1.82) is 0 Å². The van der Waals surface area contributed by atoms with E-state index in [9.17, 15) is 9.59 Å². The van der Waals surface area contributed by atoms with E-state index < -0.39 is 5.25 Å². The summed E-state index contributed by atoms with van der Waals surface area (Å²) in [6.07, 6.45) is 8.98. The molecule has 2 rings (SSSR count). The minimum absolute atomic E-state index is 0.0784. The Morgan fingerprint density at radius 2 is 1.41 bits per heavy atom. The van der Waals surface area contributed by atoms with Crippen LogP contribution in [0.5, 0.6) is 0 Å². The Morgan fingerprint density at radius 1 is 0.824 bits per heavy atom. The Morgan fingerprint density at radius 3 is 2.03 bits per heavy atom. The molecule has 0 bridgehead atoms. The van der Waals surface area contributed by atoms with Crippen LogP contribution in [0.3, 0.4) is 0 Å². The minimum atomic E-state index is -0.523. The van der Waals surface area contributed by atoms with Gasteiger partial charge in [-0.25, -0.2) is 4.98 Å². The van der Waals surface area contributed by atoms with Gasteiger partial charge in [-0.15, -0.1) is 0 Å². The van der Waals surface area contributed by atoms with E-state index in [1.54, 1.807) is 0 Å². The third-order valence-corrected chi connectivity index (χ3v) is 7.78. The molecule has 1 unspecified atom stereocenters. The SMILES string of the molecule is CCCCCCNC(=O)CC(Sc1nc2c(C)c(C)c(C)c(C)c2[nH]1)C(=O)NCCCCCC. The van der Waals surface area contributed by atoms with Gasteiger partial charge < -0.3 is 15.6 Å². The number of aryl methyl sites for hydroxylation is 2. The Labute approximate surface area is 209 Å². The van der Waals surface area contributed by atoms with Crippen molar-refractivity contribution in [3.05, 3.63) is 22.3 Å². The van der Waals surface area contributed by atoms with Crippen LogP contribution >= 0.6 is 11.8 Å². The quantitative estimate of drug-likeness (QED) is 0.211. The maximum Gasteiger partial charge on any atom is 0.234 e. The molecule has 34 heavy (non-hydrogen) atoms. The number of thioether (sulfide) groups is 1. The Kier molecular flexibility index (Phi) is 11.9. The molecule has 0 spiro atoms. The van der Waals surface area contributed by atoms with Gasteiger partial charge in [0.05, 0.1) is 16.3 Å². The molecule has 1 heterocycles. The number of benzene rings is 1. The van der Waals surface area contributed by atoms with Crippen molar-refractivity contribution >= 4 is 34.6 Å². The molecule has 1 aromatic heterocycles. The van der Waals surface area contributed by atoms with Crippen molar-refractivity contribution in [2.75, 3.05) is 13.1 Å². The third kappa shape index (κ3) is 8.03. The molecule has 0 aliphatic rings. The number of aromatic amines is 1. The average molecular weight is 489 g/mol. The van der Waals surface area contributed by atoms with Gasteiger partial charge in [0.2, 0.25) is 11.8 Å². The number of fused-ring (bicyclic) bond motifs is 1. The zero-order valence-electron chi connectivity index (χ0n) is 22.0. The predicted octanol–water partition coefficient (Wildman–Crippen LogP) is 6.04. The van der Waals surface area contributed by atoms with Crippen molar-refractivity contribution in [2.24, 2.45) is 0 Å². The lowest BCUT2D eigenvalue weighted by atomic mass is 9.98. The van der Waals surface area contributed by atoms with E-state index >= 15 is 0 Å².